The van der Waals surface area contributed by atoms with Crippen molar-refractivity contribution in [2.24, 2.45) is 0 Å². The van der Waals surface area contributed by atoms with Gasteiger partial charge in [0.1, 0.15) is 0 Å². The maximum absolute atomic E-state index is 2.48. The zero-order valence-electron chi connectivity index (χ0n) is 38.9. The Kier molecular flexibility index (Phi) is 8.59. The topological polar surface area (TPSA) is 0 Å². The van der Waals surface area contributed by atoms with E-state index >= 15 is 0 Å². The van der Waals surface area contributed by atoms with Crippen molar-refractivity contribution in [3.8, 4) is 44.5 Å². The van der Waals surface area contributed by atoms with Crippen LogP contribution in [0.2, 0.25) is 0 Å². The van der Waals surface area contributed by atoms with Crippen molar-refractivity contribution >= 4 is 138 Å². The second-order valence-corrected chi connectivity index (χ2v) is 21.4. The molecule has 72 heavy (non-hydrogen) atoms. The van der Waals surface area contributed by atoms with Crippen LogP contribution in [0.25, 0.3) is 160 Å². The van der Waals surface area contributed by atoms with E-state index in [0.29, 0.717) is 0 Å². The molecule has 0 spiro atoms. The summed E-state index contributed by atoms with van der Waals surface area (Å²) in [6.45, 7) is 0. The zero-order valence-corrected chi connectivity index (χ0v) is 40.5. The third-order valence-electron chi connectivity index (χ3n) is 15.6. The molecule has 14 aromatic carbocycles. The maximum atomic E-state index is 2.48. The van der Waals surface area contributed by atoms with E-state index in [2.05, 4.69) is 243 Å². The van der Waals surface area contributed by atoms with E-state index in [0.717, 1.165) is 0 Å². The van der Waals surface area contributed by atoms with Crippen LogP contribution in [-0.4, -0.2) is 0 Å². The van der Waals surface area contributed by atoms with Crippen molar-refractivity contribution in [3.63, 3.8) is 0 Å². The lowest BCUT2D eigenvalue weighted by Gasteiger charge is -2.19. The maximum Gasteiger partial charge on any atom is 0.0540 e. The SMILES string of the molecule is c1ccc2c(-c3c4ccccc4c(-c4ccc5c(c4)sc4c6sc7cc(-c8c9ccccc9c(-c9cccc%10ccccc9%10)c9ccccc89)ccc7c6c6ccccc6c54)c4ccccc34)cccc2c1. The highest BCUT2D eigenvalue weighted by atomic mass is 32.1. The molecule has 2 heteroatoms. The molecule has 0 unspecified atom stereocenters. The molecule has 2 aromatic heterocycles. The second kappa shape index (κ2) is 15.4. The third kappa shape index (κ3) is 5.68. The highest BCUT2D eigenvalue weighted by Crippen LogP contribution is 2.53. The molecule has 0 aliphatic carbocycles. The molecular weight excluding hydrogens is 905 g/mol. The molecule has 0 atom stereocenters. The van der Waals surface area contributed by atoms with E-state index < -0.39 is 0 Å². The summed E-state index contributed by atoms with van der Waals surface area (Å²) in [5.41, 5.74) is 10.2. The molecule has 332 valence electrons. The van der Waals surface area contributed by atoms with E-state index in [9.17, 15) is 0 Å². The van der Waals surface area contributed by atoms with E-state index in [4.69, 9.17) is 0 Å². The molecule has 2 heterocycles. The lowest BCUT2D eigenvalue weighted by molar-refractivity contribution is 1.69. The summed E-state index contributed by atoms with van der Waals surface area (Å²) in [7, 11) is 0. The van der Waals surface area contributed by atoms with Crippen LogP contribution < -0.4 is 0 Å². The van der Waals surface area contributed by atoms with E-state index in [1.165, 1.54) is 160 Å². The van der Waals surface area contributed by atoms with Crippen molar-refractivity contribution in [2.75, 3.05) is 0 Å². The van der Waals surface area contributed by atoms with Gasteiger partial charge in [0.25, 0.3) is 0 Å². The van der Waals surface area contributed by atoms with Gasteiger partial charge < -0.3 is 0 Å². The Bertz CT molecular complexity index is 4550. The monoisotopic (exact) mass is 944 g/mol. The Morgan fingerprint density at radius 1 is 0.208 bits per heavy atom. The number of thiophene rings is 2. The first-order valence-corrected chi connectivity index (χ1v) is 26.5. The molecule has 0 fully saturated rings. The van der Waals surface area contributed by atoms with Gasteiger partial charge in [0.05, 0.1) is 9.40 Å². The highest BCUT2D eigenvalue weighted by Gasteiger charge is 2.23. The van der Waals surface area contributed by atoms with Gasteiger partial charge in [-0.15, -0.1) is 22.7 Å². The smallest absolute Gasteiger partial charge is 0.0540 e. The van der Waals surface area contributed by atoms with Crippen LogP contribution in [0.3, 0.4) is 0 Å². The van der Waals surface area contributed by atoms with Gasteiger partial charge in [0, 0.05) is 30.9 Å². The lowest BCUT2D eigenvalue weighted by atomic mass is 9.84. The molecule has 0 aliphatic heterocycles. The molecule has 0 nitrogen and oxygen atoms in total. The first-order chi connectivity index (χ1) is 35.7. The van der Waals surface area contributed by atoms with Crippen LogP contribution in [0, 0.1) is 0 Å². The van der Waals surface area contributed by atoms with Crippen molar-refractivity contribution in [1.29, 1.82) is 0 Å². The molecule has 0 saturated heterocycles. The fourth-order valence-electron chi connectivity index (χ4n) is 12.6. The Labute approximate surface area is 422 Å². The minimum atomic E-state index is 1.25. The summed E-state index contributed by atoms with van der Waals surface area (Å²) in [5, 5.41) is 23.3. The Morgan fingerprint density at radius 3 is 0.861 bits per heavy atom. The first-order valence-electron chi connectivity index (χ1n) is 24.8. The molecule has 16 aromatic rings. The van der Waals surface area contributed by atoms with Crippen molar-refractivity contribution in [3.05, 3.63) is 243 Å². The zero-order chi connectivity index (χ0) is 47.0. The number of fused-ring (bicyclic) bond motifs is 16. The molecule has 0 aliphatic rings. The summed E-state index contributed by atoms with van der Waals surface area (Å²) in [4.78, 5) is 0. The largest absolute Gasteiger partial charge is 0.134 e. The number of benzene rings is 14. The lowest BCUT2D eigenvalue weighted by Crippen LogP contribution is -1.91. The molecular formula is C70H40S2. The van der Waals surface area contributed by atoms with Crippen LogP contribution in [0.4, 0.5) is 0 Å². The van der Waals surface area contributed by atoms with Gasteiger partial charge in [-0.2, -0.15) is 0 Å². The fourth-order valence-corrected chi connectivity index (χ4v) is 15.3. The van der Waals surface area contributed by atoms with Crippen LogP contribution in [0.5, 0.6) is 0 Å². The van der Waals surface area contributed by atoms with Crippen LogP contribution in [-0.2, 0) is 0 Å². The minimum Gasteiger partial charge on any atom is -0.134 e. The minimum absolute atomic E-state index is 1.25. The highest BCUT2D eigenvalue weighted by molar-refractivity contribution is 7.34. The molecule has 16 rings (SSSR count). The molecule has 0 N–H and O–H groups in total. The number of rotatable bonds is 4. The van der Waals surface area contributed by atoms with Gasteiger partial charge in [-0.1, -0.05) is 231 Å². The number of hydrogen-bond acceptors (Lipinski definition) is 2. The summed E-state index contributed by atoms with van der Waals surface area (Å²) < 4.78 is 5.37. The normalized spacial score (nSPS) is 12.2. The third-order valence-corrected chi connectivity index (χ3v) is 18.1. The van der Waals surface area contributed by atoms with Gasteiger partial charge in [-0.05, 0) is 132 Å². The van der Waals surface area contributed by atoms with Crippen molar-refractivity contribution in [1.82, 2.24) is 0 Å². The average molecular weight is 945 g/mol. The average Bonchev–Trinajstić information content (AvgIpc) is 4.03. The Hall–Kier alpha value is -8.66. The number of hydrogen-bond donors (Lipinski definition) is 0. The molecule has 0 radical (unpaired) electrons. The van der Waals surface area contributed by atoms with Crippen molar-refractivity contribution in [2.45, 2.75) is 0 Å². The molecule has 0 bridgehead atoms. The van der Waals surface area contributed by atoms with Crippen LogP contribution >= 0.6 is 22.7 Å². The van der Waals surface area contributed by atoms with Gasteiger partial charge in [0.15, 0.2) is 0 Å². The van der Waals surface area contributed by atoms with Crippen molar-refractivity contribution < 1.29 is 0 Å². The summed E-state index contributed by atoms with van der Waals surface area (Å²) in [6, 6.07) is 90.9. The van der Waals surface area contributed by atoms with E-state index in [1.54, 1.807) is 0 Å². The molecule has 0 amide bonds. The van der Waals surface area contributed by atoms with E-state index in [1.807, 2.05) is 22.7 Å². The standard InChI is InChI=1S/C70H40S2/c1-3-21-45-41(17-1)19-15-33-47(45)65-53-27-9-5-23-49(53)63(50-24-6-10-28-54(50)65)43-35-37-59-61(39-43)71-69-67(59)57-31-13-14-32-58(57)68-60-38-36-44(40-62(60)72-70(68)69)64-51-25-7-11-29-55(51)66(56-30-12-8-26-52(56)64)48-34-16-20-42-18-2-4-22-46(42)48/h1-40H. The van der Waals surface area contributed by atoms with E-state index in [-0.39, 0.29) is 0 Å². The summed E-state index contributed by atoms with van der Waals surface area (Å²) in [5.74, 6) is 0. The van der Waals surface area contributed by atoms with Gasteiger partial charge >= 0.3 is 0 Å². The Balaban J connectivity index is 0.917. The Morgan fingerprint density at radius 2 is 0.500 bits per heavy atom. The van der Waals surface area contributed by atoms with Gasteiger partial charge in [-0.25, -0.2) is 0 Å². The predicted molar refractivity (Wildman–Crippen MR) is 317 cm³/mol. The fraction of sp³-hybridized carbons (Fsp3) is 0. The van der Waals surface area contributed by atoms with Gasteiger partial charge in [0.2, 0.25) is 0 Å². The van der Waals surface area contributed by atoms with Gasteiger partial charge in [-0.3, -0.25) is 0 Å². The molecule has 0 saturated carbocycles. The summed E-state index contributed by atoms with van der Waals surface area (Å²) >= 11 is 3.91. The summed E-state index contributed by atoms with van der Waals surface area (Å²) in [6.07, 6.45) is 0. The quantitative estimate of drug-likeness (QED) is 0.154. The second-order valence-electron chi connectivity index (χ2n) is 19.3. The first kappa shape index (κ1) is 40.1. The van der Waals surface area contributed by atoms with Crippen LogP contribution in [0.15, 0.2) is 243 Å². The van der Waals surface area contributed by atoms with Crippen LogP contribution in [0.1, 0.15) is 0 Å². The predicted octanol–water partition coefficient (Wildman–Crippen LogP) is 21.2.